The zero-order valence-corrected chi connectivity index (χ0v) is 20.2. The average Bonchev–Trinajstić information content (AvgIpc) is 3.42. The lowest BCUT2D eigenvalue weighted by Crippen LogP contribution is -2.29. The van der Waals surface area contributed by atoms with Gasteiger partial charge in [0.05, 0.1) is 48.4 Å². The van der Waals surface area contributed by atoms with Crippen molar-refractivity contribution in [3.8, 4) is 17.1 Å². The molecule has 2 atom stereocenters. The lowest BCUT2D eigenvalue weighted by molar-refractivity contribution is -0.143. The summed E-state index contributed by atoms with van der Waals surface area (Å²) in [6.45, 7) is 3.25. The maximum absolute atomic E-state index is 11.4. The van der Waals surface area contributed by atoms with E-state index in [0.29, 0.717) is 42.4 Å². The number of hydrogen-bond acceptors (Lipinski definition) is 8. The monoisotopic (exact) mass is 480 g/mol. The van der Waals surface area contributed by atoms with Gasteiger partial charge in [-0.2, -0.15) is 9.90 Å². The minimum Gasteiger partial charge on any atom is -0.489 e. The van der Waals surface area contributed by atoms with Crippen LogP contribution in [0.5, 0.6) is 5.75 Å². The fourth-order valence-electron chi connectivity index (χ4n) is 4.78. The summed E-state index contributed by atoms with van der Waals surface area (Å²) >= 11 is 0. The Morgan fingerprint density at radius 1 is 1.23 bits per heavy atom. The Bertz CT molecular complexity index is 1190. The number of pyridine rings is 1. The number of nitrogens with one attached hydrogen (secondary N) is 1. The van der Waals surface area contributed by atoms with Crippen LogP contribution in [0, 0.1) is 18.8 Å². The second kappa shape index (κ2) is 10.0. The highest BCUT2D eigenvalue weighted by atomic mass is 16.5. The Kier molecular flexibility index (Phi) is 6.65. The fraction of sp³-hybridized carbons (Fsp3) is 0.583. The molecule has 2 saturated carbocycles. The molecule has 3 heterocycles. The van der Waals surface area contributed by atoms with E-state index in [0.717, 1.165) is 36.6 Å². The number of rotatable bonds is 9. The third-order valence-electron chi connectivity index (χ3n) is 7.11. The number of aliphatic carboxylic acids is 1. The Morgan fingerprint density at radius 3 is 2.80 bits per heavy atom. The number of carbonyl (C=O) groups is 1. The number of carboxylic acid groups (broad SMARTS) is 1. The molecule has 0 aromatic carbocycles. The van der Waals surface area contributed by atoms with Crippen molar-refractivity contribution < 1.29 is 14.6 Å². The van der Waals surface area contributed by atoms with E-state index in [1.54, 1.807) is 15.7 Å². The van der Waals surface area contributed by atoms with Crippen LogP contribution < -0.4 is 10.1 Å². The standard InChI is InChI=1S/C24H32N8O3/c1-15-21(35-18-8-4-7-17(11-18)24(33)34)10-9-19(27-15)23-20(31(2)30-28-23)12-25-22-13-26-32(29-22)14-16-5-3-6-16/h9-10,13,16-18H,3-8,11-12,14H2,1-2H3,(H,25,29)(H,33,34)/t17-,18-/m0/s1. The summed E-state index contributed by atoms with van der Waals surface area (Å²) in [4.78, 5) is 17.9. The maximum atomic E-state index is 11.4. The number of aryl methyl sites for hydroxylation is 2. The number of carboxylic acids is 1. The molecular weight excluding hydrogens is 448 g/mol. The largest absolute Gasteiger partial charge is 0.489 e. The molecule has 2 aliphatic carbocycles. The first-order chi connectivity index (χ1) is 17.0. The van der Waals surface area contributed by atoms with Gasteiger partial charge in [-0.1, -0.05) is 11.6 Å². The maximum Gasteiger partial charge on any atom is 0.306 e. The van der Waals surface area contributed by atoms with E-state index < -0.39 is 5.97 Å². The summed E-state index contributed by atoms with van der Waals surface area (Å²) in [6, 6.07) is 3.77. The van der Waals surface area contributed by atoms with Crippen molar-refractivity contribution in [1.82, 2.24) is 35.0 Å². The van der Waals surface area contributed by atoms with Gasteiger partial charge in [-0.25, -0.2) is 9.67 Å². The molecule has 0 bridgehead atoms. The summed E-state index contributed by atoms with van der Waals surface area (Å²) in [5, 5.41) is 30.1. The Hall–Kier alpha value is -3.50. The van der Waals surface area contributed by atoms with Gasteiger partial charge in [0.15, 0.2) is 5.82 Å². The summed E-state index contributed by atoms with van der Waals surface area (Å²) in [7, 11) is 1.85. The molecule has 2 aliphatic rings. The molecule has 2 N–H and O–H groups in total. The topological polar surface area (TPSA) is 133 Å². The van der Waals surface area contributed by atoms with Gasteiger partial charge in [0, 0.05) is 7.05 Å². The minimum atomic E-state index is -0.742. The average molecular weight is 481 g/mol. The molecule has 3 aromatic heterocycles. The molecular formula is C24H32N8O3. The summed E-state index contributed by atoms with van der Waals surface area (Å²) < 4.78 is 7.88. The Morgan fingerprint density at radius 2 is 2.06 bits per heavy atom. The van der Waals surface area contributed by atoms with E-state index >= 15 is 0 Å². The number of ether oxygens (including phenoxy) is 1. The normalized spacial score (nSPS) is 20.4. The molecule has 11 heteroatoms. The first-order valence-corrected chi connectivity index (χ1v) is 12.4. The Balaban J connectivity index is 1.25. The van der Waals surface area contributed by atoms with E-state index in [1.807, 2.05) is 26.1 Å². The summed E-state index contributed by atoms with van der Waals surface area (Å²) in [5.74, 6) is 1.01. The van der Waals surface area contributed by atoms with Crippen LogP contribution in [0.3, 0.4) is 0 Å². The molecule has 0 unspecified atom stereocenters. The molecule has 186 valence electrons. The highest BCUT2D eigenvalue weighted by molar-refractivity contribution is 5.70. The van der Waals surface area contributed by atoms with E-state index in [2.05, 4.69) is 25.8 Å². The van der Waals surface area contributed by atoms with Gasteiger partial charge in [0.25, 0.3) is 0 Å². The lowest BCUT2D eigenvalue weighted by atomic mass is 9.86. The van der Waals surface area contributed by atoms with E-state index in [4.69, 9.17) is 9.72 Å². The van der Waals surface area contributed by atoms with Crippen LogP contribution in [0.25, 0.3) is 11.4 Å². The third kappa shape index (κ3) is 5.28. The number of anilines is 1. The van der Waals surface area contributed by atoms with Gasteiger partial charge in [-0.3, -0.25) is 4.79 Å². The van der Waals surface area contributed by atoms with Crippen LogP contribution in [0.2, 0.25) is 0 Å². The van der Waals surface area contributed by atoms with Gasteiger partial charge < -0.3 is 15.2 Å². The second-order valence-electron chi connectivity index (χ2n) is 9.67. The van der Waals surface area contributed by atoms with Crippen LogP contribution in [0.1, 0.15) is 56.3 Å². The smallest absolute Gasteiger partial charge is 0.306 e. The van der Waals surface area contributed by atoms with Crippen LogP contribution in [0.4, 0.5) is 5.82 Å². The quantitative estimate of drug-likeness (QED) is 0.473. The lowest BCUT2D eigenvalue weighted by Gasteiger charge is -2.27. The molecule has 3 aromatic rings. The van der Waals surface area contributed by atoms with Crippen LogP contribution in [-0.4, -0.2) is 52.2 Å². The van der Waals surface area contributed by atoms with Crippen molar-refractivity contribution in [3.05, 3.63) is 29.7 Å². The van der Waals surface area contributed by atoms with Crippen molar-refractivity contribution in [2.24, 2.45) is 18.9 Å². The molecule has 2 fully saturated rings. The van der Waals surface area contributed by atoms with Crippen LogP contribution >= 0.6 is 0 Å². The van der Waals surface area contributed by atoms with Gasteiger partial charge in [0.2, 0.25) is 0 Å². The number of hydrogen-bond donors (Lipinski definition) is 2. The van der Waals surface area contributed by atoms with Crippen molar-refractivity contribution >= 4 is 11.8 Å². The SMILES string of the molecule is Cc1nc(-c2nnn(C)c2CNc2cnn(CC3CCC3)n2)ccc1O[C@H]1CCC[C@H](C(=O)O)C1. The highest BCUT2D eigenvalue weighted by Crippen LogP contribution is 2.31. The molecule has 0 spiro atoms. The summed E-state index contributed by atoms with van der Waals surface area (Å²) in [5.41, 5.74) is 3.03. The molecule has 0 amide bonds. The van der Waals surface area contributed by atoms with Gasteiger partial charge in [-0.15, -0.1) is 10.2 Å². The van der Waals surface area contributed by atoms with E-state index in [9.17, 15) is 9.90 Å². The molecule has 0 saturated heterocycles. The fourth-order valence-corrected chi connectivity index (χ4v) is 4.78. The van der Waals surface area contributed by atoms with E-state index in [1.165, 1.54) is 19.3 Å². The summed E-state index contributed by atoms with van der Waals surface area (Å²) in [6.07, 6.45) is 8.42. The predicted molar refractivity (Wildman–Crippen MR) is 128 cm³/mol. The van der Waals surface area contributed by atoms with Crippen molar-refractivity contribution in [2.45, 2.75) is 71.1 Å². The van der Waals surface area contributed by atoms with Gasteiger partial charge in [0.1, 0.15) is 11.4 Å². The molecule has 35 heavy (non-hydrogen) atoms. The zero-order chi connectivity index (χ0) is 24.4. The first kappa shape index (κ1) is 23.3. The van der Waals surface area contributed by atoms with Crippen LogP contribution in [-0.2, 0) is 24.9 Å². The molecule has 0 radical (unpaired) electrons. The van der Waals surface area contributed by atoms with Crippen LogP contribution in [0.15, 0.2) is 18.3 Å². The second-order valence-corrected chi connectivity index (χ2v) is 9.67. The minimum absolute atomic E-state index is 0.106. The first-order valence-electron chi connectivity index (χ1n) is 12.4. The number of aromatic nitrogens is 7. The predicted octanol–water partition coefficient (Wildman–Crippen LogP) is 3.21. The van der Waals surface area contributed by atoms with Crippen molar-refractivity contribution in [1.29, 1.82) is 0 Å². The molecule has 11 nitrogen and oxygen atoms in total. The van der Waals surface area contributed by atoms with Crippen molar-refractivity contribution in [3.63, 3.8) is 0 Å². The number of nitrogens with zero attached hydrogens (tertiary/aromatic N) is 7. The third-order valence-corrected chi connectivity index (χ3v) is 7.11. The van der Waals surface area contributed by atoms with Gasteiger partial charge >= 0.3 is 5.97 Å². The molecule has 5 rings (SSSR count). The molecule has 0 aliphatic heterocycles. The Labute approximate surface area is 203 Å². The zero-order valence-electron chi connectivity index (χ0n) is 20.2. The van der Waals surface area contributed by atoms with Gasteiger partial charge in [-0.05, 0) is 63.5 Å². The highest BCUT2D eigenvalue weighted by Gasteiger charge is 2.28. The van der Waals surface area contributed by atoms with Crippen molar-refractivity contribution in [2.75, 3.05) is 5.32 Å². The van der Waals surface area contributed by atoms with E-state index in [-0.39, 0.29) is 12.0 Å².